The molecule has 0 saturated carbocycles. The molecule has 0 aliphatic heterocycles. The van der Waals surface area contributed by atoms with Gasteiger partial charge in [-0.2, -0.15) is 0 Å². The van der Waals surface area contributed by atoms with Crippen molar-refractivity contribution in [2.75, 3.05) is 44.5 Å². The quantitative estimate of drug-likeness (QED) is 0.639. The van der Waals surface area contributed by atoms with Crippen LogP contribution in [0.4, 0.5) is 11.6 Å². The van der Waals surface area contributed by atoms with Crippen LogP contribution < -0.4 is 11.1 Å². The third kappa shape index (κ3) is 6.76. The topological polar surface area (TPSA) is 69.4 Å². The molecule has 0 fully saturated rings. The van der Waals surface area contributed by atoms with Gasteiger partial charge >= 0.3 is 0 Å². The van der Waals surface area contributed by atoms with E-state index in [1.165, 1.54) is 0 Å². The van der Waals surface area contributed by atoms with Gasteiger partial charge in [0.15, 0.2) is 0 Å². The Labute approximate surface area is 102 Å². The number of hydrogen-bond acceptors (Lipinski definition) is 5. The van der Waals surface area contributed by atoms with Gasteiger partial charge in [0, 0.05) is 20.3 Å². The number of nitrogens with zero attached hydrogens (tertiary/aromatic N) is 1. The van der Waals surface area contributed by atoms with Crippen molar-refractivity contribution < 1.29 is 9.47 Å². The van der Waals surface area contributed by atoms with Crippen LogP contribution in [0.5, 0.6) is 0 Å². The lowest BCUT2D eigenvalue weighted by Gasteiger charge is -2.06. The molecule has 0 aliphatic carbocycles. The summed E-state index contributed by atoms with van der Waals surface area (Å²) in [6.45, 7) is 2.98. The van der Waals surface area contributed by atoms with Gasteiger partial charge in [0.05, 0.1) is 13.2 Å². The Hall–Kier alpha value is -1.33. The highest BCUT2D eigenvalue weighted by atomic mass is 16.5. The average molecular weight is 239 g/mol. The second-order valence-electron chi connectivity index (χ2n) is 3.69. The van der Waals surface area contributed by atoms with E-state index in [0.717, 1.165) is 31.8 Å². The third-order valence-corrected chi connectivity index (χ3v) is 2.22. The number of anilines is 2. The molecule has 96 valence electrons. The second kappa shape index (κ2) is 8.78. The van der Waals surface area contributed by atoms with Crippen LogP contribution in [0.3, 0.4) is 0 Å². The molecule has 0 unspecified atom stereocenters. The van der Waals surface area contributed by atoms with E-state index in [-0.39, 0.29) is 0 Å². The first kappa shape index (κ1) is 13.7. The van der Waals surface area contributed by atoms with Crippen molar-refractivity contribution in [3.8, 4) is 0 Å². The van der Waals surface area contributed by atoms with Crippen LogP contribution in [0.1, 0.15) is 12.8 Å². The van der Waals surface area contributed by atoms with Gasteiger partial charge in [0.2, 0.25) is 0 Å². The number of pyridine rings is 1. The van der Waals surface area contributed by atoms with Crippen LogP contribution >= 0.6 is 0 Å². The van der Waals surface area contributed by atoms with Crippen LogP contribution in [-0.4, -0.2) is 38.5 Å². The Morgan fingerprint density at radius 1 is 1.24 bits per heavy atom. The molecular weight excluding hydrogens is 218 g/mol. The van der Waals surface area contributed by atoms with Gasteiger partial charge in [-0.25, -0.2) is 4.98 Å². The minimum atomic E-state index is 0.540. The van der Waals surface area contributed by atoms with E-state index in [9.17, 15) is 0 Å². The predicted molar refractivity (Wildman–Crippen MR) is 69.1 cm³/mol. The highest BCUT2D eigenvalue weighted by Gasteiger charge is 1.94. The van der Waals surface area contributed by atoms with Gasteiger partial charge in [0.1, 0.15) is 11.6 Å². The maximum absolute atomic E-state index is 5.57. The zero-order valence-corrected chi connectivity index (χ0v) is 10.3. The lowest BCUT2D eigenvalue weighted by Crippen LogP contribution is -2.07. The number of ether oxygens (including phenoxy) is 2. The van der Waals surface area contributed by atoms with Gasteiger partial charge in [-0.1, -0.05) is 6.07 Å². The lowest BCUT2D eigenvalue weighted by atomic mass is 10.3. The van der Waals surface area contributed by atoms with Crippen molar-refractivity contribution in [2.24, 2.45) is 0 Å². The Kier molecular flexibility index (Phi) is 7.09. The van der Waals surface area contributed by atoms with Crippen molar-refractivity contribution in [1.29, 1.82) is 0 Å². The second-order valence-corrected chi connectivity index (χ2v) is 3.69. The van der Waals surface area contributed by atoms with Crippen molar-refractivity contribution in [3.05, 3.63) is 18.2 Å². The van der Waals surface area contributed by atoms with E-state index in [1.54, 1.807) is 13.2 Å². The number of unbranched alkanes of at least 4 members (excludes halogenated alkanes) is 1. The predicted octanol–water partition coefficient (Wildman–Crippen LogP) is 1.52. The summed E-state index contributed by atoms with van der Waals surface area (Å²) in [5.74, 6) is 1.36. The van der Waals surface area contributed by atoms with E-state index < -0.39 is 0 Å². The molecule has 0 bridgehead atoms. The summed E-state index contributed by atoms with van der Waals surface area (Å²) >= 11 is 0. The van der Waals surface area contributed by atoms with Gasteiger partial charge in [-0.05, 0) is 25.0 Å². The molecule has 0 spiro atoms. The Morgan fingerprint density at radius 3 is 2.88 bits per heavy atom. The molecule has 3 N–H and O–H groups in total. The van der Waals surface area contributed by atoms with Crippen molar-refractivity contribution in [3.63, 3.8) is 0 Å². The fourth-order valence-corrected chi connectivity index (χ4v) is 1.34. The number of rotatable bonds is 9. The van der Waals surface area contributed by atoms with E-state index in [1.807, 2.05) is 12.1 Å². The molecule has 5 heteroatoms. The van der Waals surface area contributed by atoms with Crippen LogP contribution in [0.25, 0.3) is 0 Å². The van der Waals surface area contributed by atoms with E-state index in [0.29, 0.717) is 19.0 Å². The molecule has 0 radical (unpaired) electrons. The average Bonchev–Trinajstić information content (AvgIpc) is 2.33. The van der Waals surface area contributed by atoms with E-state index >= 15 is 0 Å². The Bertz CT molecular complexity index is 308. The highest BCUT2D eigenvalue weighted by molar-refractivity contribution is 5.41. The molecule has 0 amide bonds. The number of nitrogens with two attached hydrogens (primary N) is 1. The van der Waals surface area contributed by atoms with Crippen molar-refractivity contribution in [2.45, 2.75) is 12.8 Å². The largest absolute Gasteiger partial charge is 0.384 e. The number of aromatic nitrogens is 1. The van der Waals surface area contributed by atoms with Gasteiger partial charge < -0.3 is 20.5 Å². The minimum Gasteiger partial charge on any atom is -0.384 e. The lowest BCUT2D eigenvalue weighted by molar-refractivity contribution is 0.0691. The molecule has 0 saturated heterocycles. The summed E-state index contributed by atoms with van der Waals surface area (Å²) in [5.41, 5.74) is 5.57. The molecule has 1 aromatic rings. The number of nitrogens with one attached hydrogen (secondary N) is 1. The normalized spacial score (nSPS) is 10.4. The summed E-state index contributed by atoms with van der Waals surface area (Å²) in [6, 6.07) is 5.57. The smallest absolute Gasteiger partial charge is 0.128 e. The maximum atomic E-state index is 5.57. The van der Waals surface area contributed by atoms with Crippen LogP contribution in [0.2, 0.25) is 0 Å². The molecule has 0 aliphatic rings. The van der Waals surface area contributed by atoms with Crippen LogP contribution in [0.15, 0.2) is 18.2 Å². The van der Waals surface area contributed by atoms with Crippen LogP contribution in [0, 0.1) is 0 Å². The Balaban J connectivity index is 1.97. The molecular formula is C12H21N3O2. The van der Waals surface area contributed by atoms with Gasteiger partial charge in [0.25, 0.3) is 0 Å². The summed E-state index contributed by atoms with van der Waals surface area (Å²) in [5, 5.41) is 3.22. The molecule has 1 aromatic heterocycles. The molecule has 1 rings (SSSR count). The zero-order valence-electron chi connectivity index (χ0n) is 10.3. The van der Waals surface area contributed by atoms with Crippen molar-refractivity contribution >= 4 is 11.6 Å². The number of methoxy groups -OCH3 is 1. The van der Waals surface area contributed by atoms with Crippen molar-refractivity contribution in [1.82, 2.24) is 4.98 Å². The summed E-state index contributed by atoms with van der Waals surface area (Å²) in [7, 11) is 1.67. The molecule has 0 aromatic carbocycles. The van der Waals surface area contributed by atoms with Gasteiger partial charge in [-0.15, -0.1) is 0 Å². The SMILES string of the molecule is COCCOCCCCNc1cccc(N)n1. The summed E-state index contributed by atoms with van der Waals surface area (Å²) in [6.07, 6.45) is 2.07. The first-order valence-electron chi connectivity index (χ1n) is 5.86. The van der Waals surface area contributed by atoms with E-state index in [2.05, 4.69) is 10.3 Å². The first-order valence-corrected chi connectivity index (χ1v) is 5.86. The molecule has 1 heterocycles. The van der Waals surface area contributed by atoms with Gasteiger partial charge in [-0.3, -0.25) is 0 Å². The monoisotopic (exact) mass is 239 g/mol. The first-order chi connectivity index (χ1) is 8.33. The highest BCUT2D eigenvalue weighted by Crippen LogP contribution is 2.05. The fourth-order valence-electron chi connectivity index (χ4n) is 1.34. The Morgan fingerprint density at radius 2 is 2.12 bits per heavy atom. The third-order valence-electron chi connectivity index (χ3n) is 2.22. The number of nitrogen functional groups attached to an aromatic ring is 1. The standard InChI is InChI=1S/C12H21N3O2/c1-16-9-10-17-8-3-2-7-14-12-6-4-5-11(13)15-12/h4-6H,2-3,7-10H2,1H3,(H3,13,14,15). The maximum Gasteiger partial charge on any atom is 0.128 e. The van der Waals surface area contributed by atoms with Crippen LogP contribution in [-0.2, 0) is 9.47 Å². The zero-order chi connectivity index (χ0) is 12.3. The summed E-state index contributed by atoms with van der Waals surface area (Å²) in [4.78, 5) is 4.15. The minimum absolute atomic E-state index is 0.540. The summed E-state index contributed by atoms with van der Waals surface area (Å²) < 4.78 is 10.2. The fraction of sp³-hybridized carbons (Fsp3) is 0.583. The molecule has 17 heavy (non-hydrogen) atoms. The molecule has 0 atom stereocenters. The number of hydrogen-bond donors (Lipinski definition) is 2. The van der Waals surface area contributed by atoms with E-state index in [4.69, 9.17) is 15.2 Å². The molecule has 5 nitrogen and oxygen atoms in total.